The van der Waals surface area contributed by atoms with Gasteiger partial charge in [0.2, 0.25) is 0 Å². The van der Waals surface area contributed by atoms with Gasteiger partial charge in [-0.05, 0) is 17.2 Å². The van der Waals surface area contributed by atoms with Crippen LogP contribution in [0.15, 0.2) is 30.3 Å². The molecular formula is C10H8BrO2-. The fraction of sp³-hybridized carbons (Fsp3) is 0.100. The maximum absolute atomic E-state index is 10.2. The zero-order valence-corrected chi connectivity index (χ0v) is 8.45. The van der Waals surface area contributed by atoms with Crippen LogP contribution >= 0.6 is 15.9 Å². The van der Waals surface area contributed by atoms with Crippen molar-refractivity contribution in [2.75, 3.05) is 0 Å². The van der Waals surface area contributed by atoms with Crippen molar-refractivity contribution >= 4 is 28.0 Å². The van der Waals surface area contributed by atoms with Crippen molar-refractivity contribution in [3.05, 3.63) is 41.5 Å². The van der Waals surface area contributed by atoms with E-state index in [0.29, 0.717) is 5.33 Å². The lowest BCUT2D eigenvalue weighted by molar-refractivity contribution is -0.297. The van der Waals surface area contributed by atoms with Crippen LogP contribution in [-0.4, -0.2) is 5.97 Å². The average molecular weight is 240 g/mol. The number of benzene rings is 1. The number of carbonyl (C=O) groups excluding carboxylic acids is 1. The molecule has 68 valence electrons. The van der Waals surface area contributed by atoms with Crippen LogP contribution in [-0.2, 0) is 10.1 Å². The molecule has 1 rings (SSSR count). The van der Waals surface area contributed by atoms with E-state index in [1.807, 2.05) is 24.3 Å². The monoisotopic (exact) mass is 239 g/mol. The van der Waals surface area contributed by atoms with Crippen molar-refractivity contribution in [3.8, 4) is 0 Å². The summed E-state index contributed by atoms with van der Waals surface area (Å²) in [4.78, 5) is 10.2. The van der Waals surface area contributed by atoms with Gasteiger partial charge in [-0.3, -0.25) is 0 Å². The van der Waals surface area contributed by atoms with E-state index in [9.17, 15) is 9.90 Å². The molecule has 0 aromatic heterocycles. The van der Waals surface area contributed by atoms with Crippen LogP contribution in [0.4, 0.5) is 0 Å². The molecule has 1 aromatic rings. The first kappa shape index (κ1) is 9.99. The van der Waals surface area contributed by atoms with Crippen LogP contribution in [0.1, 0.15) is 11.1 Å². The Labute approximate surface area is 85.0 Å². The molecule has 1 aromatic carbocycles. The van der Waals surface area contributed by atoms with Crippen LogP contribution in [0.5, 0.6) is 0 Å². The lowest BCUT2D eigenvalue weighted by atomic mass is 10.1. The molecule has 0 atom stereocenters. The van der Waals surface area contributed by atoms with Gasteiger partial charge in [0.05, 0.1) is 5.97 Å². The summed E-state index contributed by atoms with van der Waals surface area (Å²) in [6.45, 7) is 0. The second-order valence-corrected chi connectivity index (χ2v) is 3.05. The van der Waals surface area contributed by atoms with Crippen LogP contribution in [0.2, 0.25) is 0 Å². The lowest BCUT2D eigenvalue weighted by Crippen LogP contribution is -2.18. The number of hydrogen-bond acceptors (Lipinski definition) is 2. The minimum atomic E-state index is -1.18. The lowest BCUT2D eigenvalue weighted by Gasteiger charge is -2.00. The van der Waals surface area contributed by atoms with E-state index >= 15 is 0 Å². The van der Waals surface area contributed by atoms with Crippen molar-refractivity contribution in [2.24, 2.45) is 0 Å². The Balaban J connectivity index is 2.93. The van der Waals surface area contributed by atoms with Crippen LogP contribution in [0, 0.1) is 0 Å². The van der Waals surface area contributed by atoms with Gasteiger partial charge in [-0.1, -0.05) is 46.3 Å². The predicted octanol–water partition coefficient (Wildman–Crippen LogP) is 1.34. The third-order valence-electron chi connectivity index (χ3n) is 1.60. The highest BCUT2D eigenvalue weighted by molar-refractivity contribution is 9.08. The zero-order valence-electron chi connectivity index (χ0n) is 6.87. The van der Waals surface area contributed by atoms with Gasteiger partial charge in [0.15, 0.2) is 0 Å². The number of rotatable bonds is 3. The van der Waals surface area contributed by atoms with Crippen molar-refractivity contribution < 1.29 is 9.90 Å². The predicted molar refractivity (Wildman–Crippen MR) is 53.1 cm³/mol. The number of aliphatic carboxylic acids is 1. The Morgan fingerprint density at radius 3 is 2.77 bits per heavy atom. The van der Waals surface area contributed by atoms with Gasteiger partial charge in [-0.2, -0.15) is 0 Å². The van der Waals surface area contributed by atoms with Crippen LogP contribution in [0.25, 0.3) is 6.08 Å². The van der Waals surface area contributed by atoms with Crippen molar-refractivity contribution in [1.82, 2.24) is 0 Å². The maximum Gasteiger partial charge on any atom is 0.0643 e. The molecule has 0 N–H and O–H groups in total. The van der Waals surface area contributed by atoms with Crippen LogP contribution < -0.4 is 5.11 Å². The van der Waals surface area contributed by atoms with E-state index in [4.69, 9.17) is 0 Å². The summed E-state index contributed by atoms with van der Waals surface area (Å²) in [5, 5.41) is 10.9. The maximum atomic E-state index is 10.2. The molecule has 0 aliphatic carbocycles. The summed E-state index contributed by atoms with van der Waals surface area (Å²) in [6, 6.07) is 7.56. The van der Waals surface area contributed by atoms with E-state index in [-0.39, 0.29) is 0 Å². The number of hydrogen-bond donors (Lipinski definition) is 0. The Morgan fingerprint density at radius 1 is 1.46 bits per heavy atom. The fourth-order valence-electron chi connectivity index (χ4n) is 0.976. The highest BCUT2D eigenvalue weighted by atomic mass is 79.9. The number of alkyl halides is 1. The molecule has 3 heteroatoms. The summed E-state index contributed by atoms with van der Waals surface area (Å²) in [7, 11) is 0. The molecule has 0 radical (unpaired) electrons. The first-order valence-electron chi connectivity index (χ1n) is 3.77. The Bertz CT molecular complexity index is 331. The number of halogens is 1. The minimum absolute atomic E-state index is 0.709. The van der Waals surface area contributed by atoms with Crippen molar-refractivity contribution in [2.45, 2.75) is 5.33 Å². The van der Waals surface area contributed by atoms with Gasteiger partial charge in [-0.25, -0.2) is 0 Å². The van der Waals surface area contributed by atoms with Crippen molar-refractivity contribution in [1.29, 1.82) is 0 Å². The summed E-state index contributed by atoms with van der Waals surface area (Å²) >= 11 is 3.32. The average Bonchev–Trinajstić information content (AvgIpc) is 2.15. The van der Waals surface area contributed by atoms with E-state index in [2.05, 4.69) is 15.9 Å². The topological polar surface area (TPSA) is 40.1 Å². The molecular weight excluding hydrogens is 232 g/mol. The zero-order chi connectivity index (χ0) is 9.68. The molecule has 0 amide bonds. The largest absolute Gasteiger partial charge is 0.545 e. The van der Waals surface area contributed by atoms with Crippen molar-refractivity contribution in [3.63, 3.8) is 0 Å². The summed E-state index contributed by atoms with van der Waals surface area (Å²) < 4.78 is 0. The molecule has 0 heterocycles. The Kier molecular flexibility index (Phi) is 3.71. The Morgan fingerprint density at radius 2 is 2.15 bits per heavy atom. The highest BCUT2D eigenvalue weighted by Crippen LogP contribution is 2.13. The van der Waals surface area contributed by atoms with Gasteiger partial charge >= 0.3 is 0 Å². The minimum Gasteiger partial charge on any atom is -0.545 e. The number of carbonyl (C=O) groups is 1. The second kappa shape index (κ2) is 4.82. The number of carboxylic acid groups (broad SMARTS) is 1. The third kappa shape index (κ3) is 3.03. The molecule has 0 fully saturated rings. The van der Waals surface area contributed by atoms with Gasteiger partial charge in [0.1, 0.15) is 0 Å². The molecule has 0 bridgehead atoms. The standard InChI is InChI=1S/C10H9BrO2/c11-7-9-4-2-1-3-8(9)5-6-10(12)13/h1-6H,7H2,(H,12,13)/p-1/b6-5+. The first-order valence-corrected chi connectivity index (χ1v) is 4.89. The van der Waals surface area contributed by atoms with E-state index < -0.39 is 5.97 Å². The molecule has 2 nitrogen and oxygen atoms in total. The molecule has 0 aliphatic rings. The van der Waals surface area contributed by atoms with E-state index in [1.165, 1.54) is 6.08 Å². The third-order valence-corrected chi connectivity index (χ3v) is 2.20. The smallest absolute Gasteiger partial charge is 0.0643 e. The SMILES string of the molecule is O=C([O-])/C=C/c1ccccc1CBr. The van der Waals surface area contributed by atoms with Gasteiger partial charge in [0, 0.05) is 5.33 Å². The van der Waals surface area contributed by atoms with Crippen LogP contribution in [0.3, 0.4) is 0 Å². The number of carboxylic acids is 1. The van der Waals surface area contributed by atoms with E-state index in [0.717, 1.165) is 17.2 Å². The fourth-order valence-corrected chi connectivity index (χ4v) is 1.49. The summed E-state index contributed by atoms with van der Waals surface area (Å²) in [6.07, 6.45) is 2.56. The van der Waals surface area contributed by atoms with Gasteiger partial charge < -0.3 is 9.90 Å². The highest BCUT2D eigenvalue weighted by Gasteiger charge is 1.94. The molecule has 13 heavy (non-hydrogen) atoms. The molecule has 0 saturated carbocycles. The molecule has 0 saturated heterocycles. The van der Waals surface area contributed by atoms with Gasteiger partial charge in [-0.15, -0.1) is 0 Å². The molecule has 0 aliphatic heterocycles. The quantitative estimate of drug-likeness (QED) is 0.590. The molecule has 0 spiro atoms. The second-order valence-electron chi connectivity index (χ2n) is 2.48. The van der Waals surface area contributed by atoms with E-state index in [1.54, 1.807) is 0 Å². The molecule has 0 unspecified atom stereocenters. The van der Waals surface area contributed by atoms with Gasteiger partial charge in [0.25, 0.3) is 0 Å². The first-order chi connectivity index (χ1) is 6.24. The summed E-state index contributed by atoms with van der Waals surface area (Å²) in [5.74, 6) is -1.18. The normalized spacial score (nSPS) is 10.5. The summed E-state index contributed by atoms with van der Waals surface area (Å²) in [5.41, 5.74) is 1.95. The Hall–Kier alpha value is -1.09.